The average Bonchev–Trinajstić information content (AvgIpc) is 3.24. The van der Waals surface area contributed by atoms with Gasteiger partial charge in [-0.05, 0) is 55.0 Å². The Morgan fingerprint density at radius 1 is 1.16 bits per heavy atom. The zero-order valence-electron chi connectivity index (χ0n) is 19.1. The number of carbonyl (C=O) groups is 1. The van der Waals surface area contributed by atoms with E-state index in [1.165, 1.54) is 22.3 Å². The van der Waals surface area contributed by atoms with Crippen molar-refractivity contribution >= 4 is 5.91 Å². The van der Waals surface area contributed by atoms with Gasteiger partial charge in [-0.2, -0.15) is 0 Å². The number of aliphatic hydroxyl groups is 1. The van der Waals surface area contributed by atoms with E-state index in [9.17, 15) is 9.90 Å². The van der Waals surface area contributed by atoms with Gasteiger partial charge in [-0.15, -0.1) is 0 Å². The number of aryl methyl sites for hydroxylation is 2. The third-order valence-electron chi connectivity index (χ3n) is 7.50. The first kappa shape index (κ1) is 22.0. The number of aliphatic hydroxyl groups excluding tert-OH is 1. The largest absolute Gasteiger partial charge is 0.391 e. The summed E-state index contributed by atoms with van der Waals surface area (Å²) < 4.78 is 0. The predicted octanol–water partition coefficient (Wildman–Crippen LogP) is 2.56. The van der Waals surface area contributed by atoms with Crippen LogP contribution < -0.4 is 5.32 Å². The van der Waals surface area contributed by atoms with E-state index in [1.807, 2.05) is 13.1 Å². The van der Waals surface area contributed by atoms with E-state index >= 15 is 0 Å². The van der Waals surface area contributed by atoms with E-state index in [0.29, 0.717) is 24.9 Å². The molecule has 1 aliphatic heterocycles. The number of rotatable bonds is 7. The fourth-order valence-electron chi connectivity index (χ4n) is 5.83. The van der Waals surface area contributed by atoms with E-state index in [2.05, 4.69) is 71.4 Å². The molecule has 1 amide bonds. The van der Waals surface area contributed by atoms with E-state index < -0.39 is 0 Å². The second kappa shape index (κ2) is 8.73. The Hall–Kier alpha value is -2.21. The van der Waals surface area contributed by atoms with Crippen molar-refractivity contribution in [3.05, 3.63) is 70.8 Å². The third kappa shape index (κ3) is 4.14. The van der Waals surface area contributed by atoms with Crippen molar-refractivity contribution in [2.45, 2.75) is 32.4 Å². The van der Waals surface area contributed by atoms with Gasteiger partial charge < -0.3 is 10.4 Å². The monoisotopic (exact) mass is 421 g/mol. The maximum atomic E-state index is 11.9. The molecule has 31 heavy (non-hydrogen) atoms. The van der Waals surface area contributed by atoms with Crippen LogP contribution in [0.15, 0.2) is 48.5 Å². The van der Waals surface area contributed by atoms with Crippen LogP contribution in [-0.2, 0) is 11.3 Å². The maximum Gasteiger partial charge on any atom is 0.233 e. The van der Waals surface area contributed by atoms with Crippen LogP contribution >= 0.6 is 0 Å². The fraction of sp³-hybridized carbons (Fsp3) is 0.500. The zero-order chi connectivity index (χ0) is 22.2. The minimum Gasteiger partial charge on any atom is -0.391 e. The Morgan fingerprint density at radius 2 is 1.84 bits per heavy atom. The van der Waals surface area contributed by atoms with Crippen molar-refractivity contribution in [1.82, 2.24) is 15.1 Å². The lowest BCUT2D eigenvalue weighted by atomic mass is 9.95. The van der Waals surface area contributed by atoms with Gasteiger partial charge in [-0.3, -0.25) is 14.6 Å². The molecule has 2 aromatic carbocycles. The highest BCUT2D eigenvalue weighted by Crippen LogP contribution is 2.69. The Bertz CT molecular complexity index is 911. The molecule has 4 rings (SSSR count). The zero-order valence-corrected chi connectivity index (χ0v) is 19.1. The summed E-state index contributed by atoms with van der Waals surface area (Å²) in [5, 5.41) is 14.0. The summed E-state index contributed by atoms with van der Waals surface area (Å²) >= 11 is 0. The summed E-state index contributed by atoms with van der Waals surface area (Å²) in [6.45, 7) is 8.00. The maximum absolute atomic E-state index is 11.9. The predicted molar refractivity (Wildman–Crippen MR) is 124 cm³/mol. The van der Waals surface area contributed by atoms with E-state index in [0.717, 1.165) is 19.6 Å². The molecule has 4 atom stereocenters. The van der Waals surface area contributed by atoms with E-state index in [4.69, 9.17) is 0 Å². The summed E-state index contributed by atoms with van der Waals surface area (Å²) in [5.41, 5.74) is 5.15. The number of likely N-dealkylation sites (N-methyl/N-ethyl adjacent to an activating group) is 2. The molecule has 2 fully saturated rings. The second-order valence-corrected chi connectivity index (χ2v) is 9.53. The number of benzene rings is 2. The van der Waals surface area contributed by atoms with Gasteiger partial charge in [0.05, 0.1) is 12.6 Å². The van der Waals surface area contributed by atoms with Crippen LogP contribution in [-0.4, -0.2) is 67.2 Å². The molecule has 0 radical (unpaired) electrons. The highest BCUT2D eigenvalue weighted by molar-refractivity contribution is 5.77. The molecule has 1 saturated carbocycles. The lowest BCUT2D eigenvalue weighted by Gasteiger charge is -2.20. The number of carbonyl (C=O) groups excluding carboxylic acids is 1. The van der Waals surface area contributed by atoms with Crippen LogP contribution in [0.1, 0.15) is 28.2 Å². The van der Waals surface area contributed by atoms with Gasteiger partial charge in [0.1, 0.15) is 0 Å². The molecule has 5 nitrogen and oxygen atoms in total. The van der Waals surface area contributed by atoms with Gasteiger partial charge in [-0.1, -0.05) is 48.5 Å². The molecule has 1 aliphatic carbocycles. The van der Waals surface area contributed by atoms with Gasteiger partial charge in [-0.25, -0.2) is 0 Å². The average molecular weight is 422 g/mol. The van der Waals surface area contributed by atoms with Crippen molar-refractivity contribution in [3.8, 4) is 0 Å². The molecular formula is C26H35N3O2. The van der Waals surface area contributed by atoms with E-state index in [1.54, 1.807) is 7.05 Å². The number of β-amino-alcohol motifs (C(OH)–C–C–N with tert-alkyl or cyclic N) is 1. The number of nitrogens with zero attached hydrogens (tertiary/aromatic N) is 2. The second-order valence-electron chi connectivity index (χ2n) is 9.53. The minimum absolute atomic E-state index is 0.0251. The summed E-state index contributed by atoms with van der Waals surface area (Å²) in [5.74, 6) is 0.679. The van der Waals surface area contributed by atoms with Gasteiger partial charge in [0.25, 0.3) is 0 Å². The number of nitrogens with one attached hydrogen (secondary N) is 1. The van der Waals surface area contributed by atoms with Gasteiger partial charge in [0.2, 0.25) is 5.91 Å². The lowest BCUT2D eigenvalue weighted by molar-refractivity contribution is -0.121. The molecule has 166 valence electrons. The summed E-state index contributed by atoms with van der Waals surface area (Å²) in [7, 11) is 3.67. The van der Waals surface area contributed by atoms with Gasteiger partial charge >= 0.3 is 0 Å². The standard InChI is InChI=1S/C26H35N3O2/c1-18-9-8-10-19(2)21(18)13-29-15-23(30)26(17-29)22(14-28(4)16-24(31)27-3)25(26)20-11-6-5-7-12-20/h5-12,22-23,25,30H,13-17H2,1-4H3,(H,27,31)/t22-,23-,25-,26-/m1/s1. The third-order valence-corrected chi connectivity index (χ3v) is 7.50. The van der Waals surface area contributed by atoms with Crippen LogP contribution in [0.2, 0.25) is 0 Å². The van der Waals surface area contributed by atoms with E-state index in [-0.39, 0.29) is 17.4 Å². The first-order valence-electron chi connectivity index (χ1n) is 11.3. The molecular weight excluding hydrogens is 386 g/mol. The topological polar surface area (TPSA) is 55.8 Å². The summed E-state index contributed by atoms with van der Waals surface area (Å²) in [6, 6.07) is 17.0. The highest BCUT2D eigenvalue weighted by Gasteiger charge is 2.71. The summed E-state index contributed by atoms with van der Waals surface area (Å²) in [6.07, 6.45) is -0.361. The molecule has 0 bridgehead atoms. The molecule has 2 N–H and O–H groups in total. The highest BCUT2D eigenvalue weighted by atomic mass is 16.3. The molecule has 0 aromatic heterocycles. The van der Waals surface area contributed by atoms with Crippen LogP contribution in [0, 0.1) is 25.2 Å². The normalized spacial score (nSPS) is 27.7. The number of hydrogen-bond donors (Lipinski definition) is 2. The molecule has 1 heterocycles. The molecule has 1 spiro atoms. The Morgan fingerprint density at radius 3 is 2.48 bits per heavy atom. The van der Waals surface area contributed by atoms with Crippen molar-refractivity contribution in [1.29, 1.82) is 0 Å². The first-order chi connectivity index (χ1) is 14.9. The number of likely N-dealkylation sites (tertiary alicyclic amines) is 1. The molecule has 2 aliphatic rings. The van der Waals surface area contributed by atoms with Crippen molar-refractivity contribution in [2.75, 3.05) is 40.3 Å². The van der Waals surface area contributed by atoms with Gasteiger partial charge in [0, 0.05) is 38.6 Å². The van der Waals surface area contributed by atoms with Crippen molar-refractivity contribution < 1.29 is 9.90 Å². The molecule has 5 heteroatoms. The molecule has 2 aromatic rings. The quantitative estimate of drug-likeness (QED) is 0.722. The molecule has 0 unspecified atom stereocenters. The van der Waals surface area contributed by atoms with Crippen LogP contribution in [0.3, 0.4) is 0 Å². The van der Waals surface area contributed by atoms with Crippen LogP contribution in [0.5, 0.6) is 0 Å². The van der Waals surface area contributed by atoms with Crippen LogP contribution in [0.4, 0.5) is 0 Å². The lowest BCUT2D eigenvalue weighted by Crippen LogP contribution is -2.35. The first-order valence-corrected chi connectivity index (χ1v) is 11.3. The molecule has 1 saturated heterocycles. The Kier molecular flexibility index (Phi) is 6.20. The minimum atomic E-state index is -0.361. The van der Waals surface area contributed by atoms with Crippen molar-refractivity contribution in [3.63, 3.8) is 0 Å². The Labute approximate surface area is 186 Å². The summed E-state index contributed by atoms with van der Waals surface area (Å²) in [4.78, 5) is 16.4. The number of hydrogen-bond acceptors (Lipinski definition) is 4. The number of amides is 1. The smallest absolute Gasteiger partial charge is 0.233 e. The SMILES string of the molecule is CNC(=O)CN(C)C[C@@H]1[C@@H](c2ccccc2)[C@]12CN(Cc1c(C)cccc1C)C[C@H]2O. The van der Waals surface area contributed by atoms with Gasteiger partial charge in [0.15, 0.2) is 0 Å². The van der Waals surface area contributed by atoms with Crippen molar-refractivity contribution in [2.24, 2.45) is 11.3 Å². The Balaban J connectivity index is 1.56. The van der Waals surface area contributed by atoms with Crippen LogP contribution in [0.25, 0.3) is 0 Å². The fourth-order valence-corrected chi connectivity index (χ4v) is 5.83.